The Labute approximate surface area is 169 Å². The number of nitrogens with zero attached hydrogens (tertiary/aromatic N) is 1. The molecule has 0 radical (unpaired) electrons. The van der Waals surface area contributed by atoms with Gasteiger partial charge < -0.3 is 20.6 Å². The summed E-state index contributed by atoms with van der Waals surface area (Å²) in [6.07, 6.45) is 2.06. The third-order valence-corrected chi connectivity index (χ3v) is 5.07. The first-order valence-electron chi connectivity index (χ1n) is 9.74. The van der Waals surface area contributed by atoms with Crippen molar-refractivity contribution in [3.05, 3.63) is 65.7 Å². The van der Waals surface area contributed by atoms with Crippen molar-refractivity contribution in [1.82, 2.24) is 10.2 Å². The Morgan fingerprint density at radius 3 is 2.31 bits per heavy atom. The van der Waals surface area contributed by atoms with E-state index in [1.807, 2.05) is 30.3 Å². The molecule has 0 atom stereocenters. The van der Waals surface area contributed by atoms with Crippen LogP contribution in [0.25, 0.3) is 0 Å². The standard InChI is InChI=1S/C22H25N3O4/c26-20(11-10-16-6-4-5-9-19(16)21(27)28)25-14-12-18(13-15-25)24-22(29)23-17-7-2-1-3-8-17/h1-9,18H,10-15H2,(H,27,28)(H2,23,24,29). The largest absolute Gasteiger partial charge is 0.478 e. The summed E-state index contributed by atoms with van der Waals surface area (Å²) in [5.74, 6) is -0.967. The Balaban J connectivity index is 1.43. The average molecular weight is 395 g/mol. The maximum atomic E-state index is 12.5. The fourth-order valence-electron chi connectivity index (χ4n) is 3.49. The molecule has 3 rings (SSSR count). The number of carboxylic acids is 1. The van der Waals surface area contributed by atoms with Crippen molar-refractivity contribution in [2.75, 3.05) is 18.4 Å². The Hall–Kier alpha value is -3.35. The van der Waals surface area contributed by atoms with Crippen molar-refractivity contribution in [2.45, 2.75) is 31.7 Å². The van der Waals surface area contributed by atoms with Crippen LogP contribution in [0.2, 0.25) is 0 Å². The lowest BCUT2D eigenvalue weighted by Gasteiger charge is -2.32. The zero-order valence-corrected chi connectivity index (χ0v) is 16.1. The molecule has 29 heavy (non-hydrogen) atoms. The highest BCUT2D eigenvalue weighted by atomic mass is 16.4. The van der Waals surface area contributed by atoms with E-state index in [0.717, 1.165) is 5.69 Å². The minimum absolute atomic E-state index is 0.0115. The molecule has 1 aliphatic heterocycles. The van der Waals surface area contributed by atoms with Gasteiger partial charge in [-0.1, -0.05) is 36.4 Å². The molecule has 3 amide bonds. The number of carboxylic acid groups (broad SMARTS) is 1. The monoisotopic (exact) mass is 395 g/mol. The van der Waals surface area contributed by atoms with Gasteiger partial charge in [0.1, 0.15) is 0 Å². The predicted molar refractivity (Wildman–Crippen MR) is 110 cm³/mol. The number of piperidine rings is 1. The first-order chi connectivity index (χ1) is 14.0. The van der Waals surface area contributed by atoms with Gasteiger partial charge >= 0.3 is 12.0 Å². The quantitative estimate of drug-likeness (QED) is 0.700. The number of benzene rings is 2. The van der Waals surface area contributed by atoms with E-state index in [4.69, 9.17) is 0 Å². The second-order valence-corrected chi connectivity index (χ2v) is 7.08. The topological polar surface area (TPSA) is 98.7 Å². The summed E-state index contributed by atoms with van der Waals surface area (Å²) in [6, 6.07) is 15.8. The number of carbonyl (C=O) groups is 3. The van der Waals surface area contributed by atoms with Gasteiger partial charge in [0.2, 0.25) is 5.91 Å². The minimum atomic E-state index is -0.978. The molecular formula is C22H25N3O4. The van der Waals surface area contributed by atoms with E-state index >= 15 is 0 Å². The summed E-state index contributed by atoms with van der Waals surface area (Å²) in [7, 11) is 0. The zero-order valence-electron chi connectivity index (χ0n) is 16.1. The third-order valence-electron chi connectivity index (χ3n) is 5.07. The van der Waals surface area contributed by atoms with Gasteiger partial charge in [-0.25, -0.2) is 9.59 Å². The summed E-state index contributed by atoms with van der Waals surface area (Å²) in [5, 5.41) is 15.0. The van der Waals surface area contributed by atoms with Crippen molar-refractivity contribution >= 4 is 23.6 Å². The van der Waals surface area contributed by atoms with Gasteiger partial charge in [0, 0.05) is 31.2 Å². The molecule has 2 aromatic rings. The number of para-hydroxylation sites is 1. The molecule has 0 saturated carbocycles. The highest BCUT2D eigenvalue weighted by Crippen LogP contribution is 2.15. The summed E-state index contributed by atoms with van der Waals surface area (Å²) in [4.78, 5) is 37.7. The van der Waals surface area contributed by atoms with Crippen LogP contribution in [0.4, 0.5) is 10.5 Å². The Bertz CT molecular complexity index is 861. The second kappa shape index (κ2) is 9.73. The van der Waals surface area contributed by atoms with Crippen LogP contribution in [0.1, 0.15) is 35.2 Å². The molecule has 152 valence electrons. The number of amides is 3. The van der Waals surface area contributed by atoms with Crippen molar-refractivity contribution < 1.29 is 19.5 Å². The molecule has 1 fully saturated rings. The zero-order chi connectivity index (χ0) is 20.6. The molecule has 2 aromatic carbocycles. The smallest absolute Gasteiger partial charge is 0.335 e. The number of carbonyl (C=O) groups excluding carboxylic acids is 2. The van der Waals surface area contributed by atoms with E-state index in [0.29, 0.717) is 37.9 Å². The number of hydrogen-bond acceptors (Lipinski definition) is 3. The van der Waals surface area contributed by atoms with Crippen molar-refractivity contribution in [2.24, 2.45) is 0 Å². The number of rotatable bonds is 6. The maximum Gasteiger partial charge on any atom is 0.335 e. The van der Waals surface area contributed by atoms with Gasteiger partial charge in [-0.2, -0.15) is 0 Å². The van der Waals surface area contributed by atoms with Crippen molar-refractivity contribution in [1.29, 1.82) is 0 Å². The highest BCUT2D eigenvalue weighted by molar-refractivity contribution is 5.90. The highest BCUT2D eigenvalue weighted by Gasteiger charge is 2.24. The van der Waals surface area contributed by atoms with Crippen molar-refractivity contribution in [3.63, 3.8) is 0 Å². The molecule has 0 aliphatic carbocycles. The molecule has 0 aromatic heterocycles. The first kappa shape index (κ1) is 20.4. The lowest BCUT2D eigenvalue weighted by atomic mass is 10.0. The Morgan fingerprint density at radius 2 is 1.62 bits per heavy atom. The number of hydrogen-bond donors (Lipinski definition) is 3. The Morgan fingerprint density at radius 1 is 0.966 bits per heavy atom. The van der Waals surface area contributed by atoms with Crippen LogP contribution in [0, 0.1) is 0 Å². The summed E-state index contributed by atoms with van der Waals surface area (Å²) in [6.45, 7) is 1.16. The van der Waals surface area contributed by atoms with Crippen LogP contribution in [0.15, 0.2) is 54.6 Å². The molecule has 7 nitrogen and oxygen atoms in total. The lowest BCUT2D eigenvalue weighted by Crippen LogP contribution is -2.47. The van der Waals surface area contributed by atoms with E-state index < -0.39 is 5.97 Å². The number of urea groups is 1. The normalized spacial score (nSPS) is 14.3. The van der Waals surface area contributed by atoms with Gasteiger partial charge in [-0.15, -0.1) is 0 Å². The van der Waals surface area contributed by atoms with Gasteiger partial charge in [0.05, 0.1) is 5.56 Å². The number of nitrogens with one attached hydrogen (secondary N) is 2. The fraction of sp³-hybridized carbons (Fsp3) is 0.318. The van der Waals surface area contributed by atoms with E-state index in [1.54, 1.807) is 29.2 Å². The van der Waals surface area contributed by atoms with E-state index in [-0.39, 0.29) is 30.0 Å². The number of aromatic carboxylic acids is 1. The van der Waals surface area contributed by atoms with Crippen LogP contribution in [-0.4, -0.2) is 47.0 Å². The molecule has 0 unspecified atom stereocenters. The molecule has 0 bridgehead atoms. The van der Waals surface area contributed by atoms with Crippen LogP contribution < -0.4 is 10.6 Å². The van der Waals surface area contributed by atoms with E-state index in [9.17, 15) is 19.5 Å². The molecule has 3 N–H and O–H groups in total. The molecular weight excluding hydrogens is 370 g/mol. The Kier molecular flexibility index (Phi) is 6.84. The number of anilines is 1. The van der Waals surface area contributed by atoms with Gasteiger partial charge in [0.15, 0.2) is 0 Å². The van der Waals surface area contributed by atoms with Gasteiger partial charge in [-0.3, -0.25) is 4.79 Å². The molecule has 0 spiro atoms. The third kappa shape index (κ3) is 5.81. The summed E-state index contributed by atoms with van der Waals surface area (Å²) < 4.78 is 0. The van der Waals surface area contributed by atoms with Gasteiger partial charge in [-0.05, 0) is 43.0 Å². The van der Waals surface area contributed by atoms with Crippen molar-refractivity contribution in [3.8, 4) is 0 Å². The lowest BCUT2D eigenvalue weighted by molar-refractivity contribution is -0.132. The van der Waals surface area contributed by atoms with Crippen LogP contribution in [-0.2, 0) is 11.2 Å². The summed E-state index contributed by atoms with van der Waals surface area (Å²) in [5.41, 5.74) is 1.65. The van der Waals surface area contributed by atoms with Crippen LogP contribution >= 0.6 is 0 Å². The molecule has 1 heterocycles. The number of aryl methyl sites for hydroxylation is 1. The second-order valence-electron chi connectivity index (χ2n) is 7.08. The van der Waals surface area contributed by atoms with Crippen LogP contribution in [0.5, 0.6) is 0 Å². The number of likely N-dealkylation sites (tertiary alicyclic amines) is 1. The predicted octanol–water partition coefficient (Wildman–Crippen LogP) is 3.13. The van der Waals surface area contributed by atoms with E-state index in [2.05, 4.69) is 10.6 Å². The van der Waals surface area contributed by atoms with Gasteiger partial charge in [0.25, 0.3) is 0 Å². The molecule has 7 heteroatoms. The van der Waals surface area contributed by atoms with E-state index in [1.165, 1.54) is 0 Å². The average Bonchev–Trinajstić information content (AvgIpc) is 2.73. The minimum Gasteiger partial charge on any atom is -0.478 e. The van der Waals surface area contributed by atoms with Crippen LogP contribution in [0.3, 0.4) is 0 Å². The molecule has 1 aliphatic rings. The maximum absolute atomic E-state index is 12.5. The first-order valence-corrected chi connectivity index (χ1v) is 9.74. The SMILES string of the molecule is O=C(Nc1ccccc1)NC1CCN(C(=O)CCc2ccccc2C(=O)O)CC1. The molecule has 1 saturated heterocycles. The fourth-order valence-corrected chi connectivity index (χ4v) is 3.49. The summed E-state index contributed by atoms with van der Waals surface area (Å²) >= 11 is 0.